The first kappa shape index (κ1) is 16.8. The number of ether oxygens (including phenoxy) is 1. The van der Waals surface area contributed by atoms with Crippen molar-refractivity contribution in [1.82, 2.24) is 4.90 Å². The normalized spacial score (nSPS) is 24.7. The zero-order valence-corrected chi connectivity index (χ0v) is 15.4. The van der Waals surface area contributed by atoms with Crippen LogP contribution in [0.1, 0.15) is 31.2 Å². The molecule has 0 spiro atoms. The lowest BCUT2D eigenvalue weighted by molar-refractivity contribution is -0.921. The van der Waals surface area contributed by atoms with Crippen molar-refractivity contribution in [2.75, 3.05) is 33.3 Å². The highest BCUT2D eigenvalue weighted by Crippen LogP contribution is 2.23. The van der Waals surface area contributed by atoms with Crippen LogP contribution < -0.4 is 9.64 Å². The van der Waals surface area contributed by atoms with Crippen LogP contribution in [0.5, 0.6) is 5.75 Å². The highest BCUT2D eigenvalue weighted by Gasteiger charge is 2.33. The van der Waals surface area contributed by atoms with E-state index in [0.29, 0.717) is 5.91 Å². The molecule has 2 fully saturated rings. The fraction of sp³-hybridized carbons (Fsp3) is 0.611. The molecule has 2 heterocycles. The zero-order valence-electron chi connectivity index (χ0n) is 13.8. The van der Waals surface area contributed by atoms with Crippen molar-refractivity contribution in [3.8, 4) is 5.75 Å². The van der Waals surface area contributed by atoms with Crippen LogP contribution in [0.4, 0.5) is 0 Å². The lowest BCUT2D eigenvalue weighted by Crippen LogP contribution is -3.12. The SMILES string of the molecule is COc1ccc(Br)cc1C[NH+]1CCC[C@@H](C(=O)N2CCCC2)C1. The van der Waals surface area contributed by atoms with E-state index in [9.17, 15) is 4.79 Å². The van der Waals surface area contributed by atoms with E-state index in [1.165, 1.54) is 23.3 Å². The predicted octanol–water partition coefficient (Wildman–Crippen LogP) is 1.87. The van der Waals surface area contributed by atoms with E-state index in [2.05, 4.69) is 26.9 Å². The van der Waals surface area contributed by atoms with Crippen LogP contribution in [-0.4, -0.2) is 44.1 Å². The van der Waals surface area contributed by atoms with Gasteiger partial charge in [0.2, 0.25) is 5.91 Å². The van der Waals surface area contributed by atoms with Crippen LogP contribution in [0.25, 0.3) is 0 Å². The lowest BCUT2D eigenvalue weighted by atomic mass is 9.96. The van der Waals surface area contributed by atoms with Crippen LogP contribution in [0.15, 0.2) is 22.7 Å². The summed E-state index contributed by atoms with van der Waals surface area (Å²) in [7, 11) is 1.72. The molecule has 0 aromatic heterocycles. The number of likely N-dealkylation sites (tertiary alicyclic amines) is 2. The average molecular weight is 382 g/mol. The number of halogens is 1. The maximum Gasteiger partial charge on any atom is 0.231 e. The smallest absolute Gasteiger partial charge is 0.231 e. The quantitative estimate of drug-likeness (QED) is 0.863. The topological polar surface area (TPSA) is 34.0 Å². The first-order chi connectivity index (χ1) is 11.2. The highest BCUT2D eigenvalue weighted by molar-refractivity contribution is 9.10. The van der Waals surface area contributed by atoms with Gasteiger partial charge in [0.05, 0.1) is 26.1 Å². The van der Waals surface area contributed by atoms with Crippen molar-refractivity contribution in [2.24, 2.45) is 5.92 Å². The fourth-order valence-corrected chi connectivity index (χ4v) is 4.28. The minimum atomic E-state index is 0.204. The maximum atomic E-state index is 12.7. The summed E-state index contributed by atoms with van der Waals surface area (Å²) in [6, 6.07) is 6.15. The third-order valence-corrected chi connectivity index (χ3v) is 5.56. The van der Waals surface area contributed by atoms with Crippen LogP contribution in [0, 0.1) is 5.92 Å². The number of hydrogen-bond donors (Lipinski definition) is 1. The molecule has 1 unspecified atom stereocenters. The molecule has 1 aromatic carbocycles. The number of nitrogens with one attached hydrogen (secondary N) is 1. The van der Waals surface area contributed by atoms with Crippen molar-refractivity contribution >= 4 is 21.8 Å². The molecule has 3 rings (SSSR count). The molecule has 0 aliphatic carbocycles. The van der Waals surface area contributed by atoms with Crippen molar-refractivity contribution in [3.05, 3.63) is 28.2 Å². The Balaban J connectivity index is 1.64. The Bertz CT molecular complexity index is 558. The standard InChI is InChI=1S/C18H25BrN2O2/c1-23-17-7-6-16(19)11-15(17)13-20-8-4-5-14(12-20)18(22)21-9-2-3-10-21/h6-7,11,14H,2-5,8-10,12-13H2,1H3/p+1/t14-/m1/s1. The second kappa shape index (κ2) is 7.67. The number of carbonyl (C=O) groups is 1. The minimum absolute atomic E-state index is 0.204. The lowest BCUT2D eigenvalue weighted by Gasteiger charge is -2.31. The van der Waals surface area contributed by atoms with Gasteiger partial charge < -0.3 is 14.5 Å². The summed E-state index contributed by atoms with van der Waals surface area (Å²) in [4.78, 5) is 16.2. The van der Waals surface area contributed by atoms with Gasteiger partial charge in [-0.2, -0.15) is 0 Å². The van der Waals surface area contributed by atoms with Crippen molar-refractivity contribution in [3.63, 3.8) is 0 Å². The van der Waals surface area contributed by atoms with Gasteiger partial charge in [-0.3, -0.25) is 4.79 Å². The van der Waals surface area contributed by atoms with Crippen molar-refractivity contribution < 1.29 is 14.4 Å². The van der Waals surface area contributed by atoms with Crippen LogP contribution in [0.3, 0.4) is 0 Å². The molecule has 1 amide bonds. The molecule has 5 heteroatoms. The van der Waals surface area contributed by atoms with E-state index < -0.39 is 0 Å². The average Bonchev–Trinajstić information content (AvgIpc) is 3.09. The summed E-state index contributed by atoms with van der Waals surface area (Å²) in [5.74, 6) is 1.53. The molecule has 0 radical (unpaired) electrons. The summed E-state index contributed by atoms with van der Waals surface area (Å²) >= 11 is 3.54. The monoisotopic (exact) mass is 381 g/mol. The van der Waals surface area contributed by atoms with Gasteiger partial charge >= 0.3 is 0 Å². The molecule has 23 heavy (non-hydrogen) atoms. The zero-order chi connectivity index (χ0) is 16.2. The summed E-state index contributed by atoms with van der Waals surface area (Å²) in [6.07, 6.45) is 4.53. The third-order valence-electron chi connectivity index (χ3n) is 5.07. The Labute approximate surface area is 146 Å². The van der Waals surface area contributed by atoms with E-state index >= 15 is 0 Å². The Kier molecular flexibility index (Phi) is 5.59. The summed E-state index contributed by atoms with van der Waals surface area (Å²) in [5, 5.41) is 0. The van der Waals surface area contributed by atoms with Crippen LogP contribution in [-0.2, 0) is 11.3 Å². The second-order valence-electron chi connectivity index (χ2n) is 6.71. The molecular weight excluding hydrogens is 356 g/mol. The number of carbonyl (C=O) groups excluding carboxylic acids is 1. The molecular formula is C18H26BrN2O2+. The van der Waals surface area contributed by atoms with E-state index in [1.807, 2.05) is 12.1 Å². The number of hydrogen-bond acceptors (Lipinski definition) is 2. The molecule has 2 saturated heterocycles. The van der Waals surface area contributed by atoms with Gasteiger partial charge in [0.1, 0.15) is 12.3 Å². The molecule has 2 aliphatic heterocycles. The van der Waals surface area contributed by atoms with Gasteiger partial charge in [-0.15, -0.1) is 0 Å². The van der Waals surface area contributed by atoms with Crippen LogP contribution >= 0.6 is 15.9 Å². The van der Waals surface area contributed by atoms with Gasteiger partial charge in [0.25, 0.3) is 0 Å². The largest absolute Gasteiger partial charge is 0.496 e. The Morgan fingerprint density at radius 1 is 1.35 bits per heavy atom. The Hall–Kier alpha value is -1.07. The van der Waals surface area contributed by atoms with E-state index in [1.54, 1.807) is 7.11 Å². The fourth-order valence-electron chi connectivity index (χ4n) is 3.87. The molecule has 126 valence electrons. The number of amides is 1. The summed E-state index contributed by atoms with van der Waals surface area (Å²) in [6.45, 7) is 4.94. The molecule has 1 aromatic rings. The summed E-state index contributed by atoms with van der Waals surface area (Å²) < 4.78 is 6.57. The first-order valence-electron chi connectivity index (χ1n) is 8.62. The van der Waals surface area contributed by atoms with Gasteiger partial charge in [0.15, 0.2) is 0 Å². The van der Waals surface area contributed by atoms with Crippen LogP contribution in [0.2, 0.25) is 0 Å². The molecule has 0 bridgehead atoms. The highest BCUT2D eigenvalue weighted by atomic mass is 79.9. The van der Waals surface area contributed by atoms with Gasteiger partial charge in [-0.25, -0.2) is 0 Å². The first-order valence-corrected chi connectivity index (χ1v) is 9.41. The van der Waals surface area contributed by atoms with Crippen molar-refractivity contribution in [2.45, 2.75) is 32.2 Å². The number of benzene rings is 1. The number of methoxy groups -OCH3 is 1. The maximum absolute atomic E-state index is 12.7. The van der Waals surface area contributed by atoms with E-state index in [0.717, 1.165) is 55.8 Å². The number of quaternary nitrogens is 1. The van der Waals surface area contributed by atoms with E-state index in [4.69, 9.17) is 4.74 Å². The number of rotatable bonds is 4. The Morgan fingerprint density at radius 2 is 2.13 bits per heavy atom. The van der Waals surface area contributed by atoms with Crippen molar-refractivity contribution in [1.29, 1.82) is 0 Å². The summed E-state index contributed by atoms with van der Waals surface area (Å²) in [5.41, 5.74) is 1.21. The predicted molar refractivity (Wildman–Crippen MR) is 93.6 cm³/mol. The molecule has 0 saturated carbocycles. The molecule has 2 atom stereocenters. The van der Waals surface area contributed by atoms with Gasteiger partial charge in [-0.05, 0) is 43.9 Å². The third kappa shape index (κ3) is 4.07. The number of nitrogens with zero attached hydrogens (tertiary/aromatic N) is 1. The molecule has 4 nitrogen and oxygen atoms in total. The second-order valence-corrected chi connectivity index (χ2v) is 7.62. The molecule has 1 N–H and O–H groups in total. The van der Waals surface area contributed by atoms with E-state index in [-0.39, 0.29) is 5.92 Å². The minimum Gasteiger partial charge on any atom is -0.496 e. The molecule has 2 aliphatic rings. The van der Waals surface area contributed by atoms with Gasteiger partial charge in [0, 0.05) is 23.1 Å². The number of piperidine rings is 1. The van der Waals surface area contributed by atoms with Gasteiger partial charge in [-0.1, -0.05) is 15.9 Å². The Morgan fingerprint density at radius 3 is 2.87 bits per heavy atom.